The molecule has 2 aromatic heterocycles. The number of aliphatic hydroxyl groups excluding tert-OH is 1. The number of hydrogen-bond acceptors (Lipinski definition) is 8. The summed E-state index contributed by atoms with van der Waals surface area (Å²) in [6.07, 6.45) is 6.49. The van der Waals surface area contributed by atoms with Crippen molar-refractivity contribution in [3.05, 3.63) is 54.1 Å². The maximum Gasteiger partial charge on any atom is 0.231 e. The van der Waals surface area contributed by atoms with E-state index >= 15 is 8.78 Å². The Morgan fingerprint density at radius 1 is 1.24 bits per heavy atom. The molecule has 1 saturated heterocycles. The SMILES string of the molecule is Cn1cc(-c2ccc(CN(c3ncnc(NC[C@H]4CCN(CC(N)=O)C[C@@H]4O)c3F)C3CC3)c(F)c2)cn1. The molecule has 1 aliphatic heterocycles. The van der Waals surface area contributed by atoms with Gasteiger partial charge in [0, 0.05) is 56.0 Å². The van der Waals surface area contributed by atoms with Crippen LogP contribution in [-0.2, 0) is 18.4 Å². The van der Waals surface area contributed by atoms with Crippen LogP contribution in [0.4, 0.5) is 20.4 Å². The van der Waals surface area contributed by atoms with Crippen LogP contribution in [-0.4, -0.2) is 74.0 Å². The molecule has 0 bridgehead atoms. The second kappa shape index (κ2) is 11.0. The maximum absolute atomic E-state index is 15.6. The van der Waals surface area contributed by atoms with Crippen LogP contribution in [0.5, 0.6) is 0 Å². The zero-order chi connectivity index (χ0) is 26.8. The Labute approximate surface area is 219 Å². The van der Waals surface area contributed by atoms with E-state index in [2.05, 4.69) is 20.4 Å². The van der Waals surface area contributed by atoms with Crippen molar-refractivity contribution in [3.63, 3.8) is 0 Å². The standard InChI is InChI=1S/C26H32F2N8O2/c1-34-11-19(10-33-34)16-2-3-18(21(27)8-16)12-36(20-4-5-20)26-24(28)25(31-15-32-26)30-9-17-6-7-35(13-22(17)37)14-23(29)38/h2-3,8,10-11,15,17,20,22,37H,4-7,9,12-14H2,1H3,(H2,29,38)(H,30,31,32)/t17-,22+/m1/s1. The van der Waals surface area contributed by atoms with Crippen LogP contribution in [0.25, 0.3) is 11.1 Å². The first-order chi connectivity index (χ1) is 18.3. The summed E-state index contributed by atoms with van der Waals surface area (Å²) in [5.74, 6) is -1.39. The van der Waals surface area contributed by atoms with Gasteiger partial charge < -0.3 is 21.1 Å². The molecule has 1 saturated carbocycles. The van der Waals surface area contributed by atoms with E-state index in [1.807, 2.05) is 17.2 Å². The Kier molecular flexibility index (Phi) is 7.52. The molecule has 5 rings (SSSR count). The summed E-state index contributed by atoms with van der Waals surface area (Å²) in [6.45, 7) is 1.53. The number of aromatic nitrogens is 4. The number of carbonyl (C=O) groups is 1. The fraction of sp³-hybridized carbons (Fsp3) is 0.462. The van der Waals surface area contributed by atoms with Crippen molar-refractivity contribution < 1.29 is 18.7 Å². The van der Waals surface area contributed by atoms with Gasteiger partial charge in [-0.2, -0.15) is 9.49 Å². The van der Waals surface area contributed by atoms with Crippen molar-refractivity contribution in [3.8, 4) is 11.1 Å². The summed E-state index contributed by atoms with van der Waals surface area (Å²) in [5, 5.41) is 17.7. The van der Waals surface area contributed by atoms with E-state index in [1.165, 1.54) is 12.4 Å². The number of rotatable bonds is 10. The number of hydrogen-bond donors (Lipinski definition) is 3. The van der Waals surface area contributed by atoms with Gasteiger partial charge in [-0.3, -0.25) is 14.4 Å². The van der Waals surface area contributed by atoms with E-state index in [1.54, 1.807) is 28.9 Å². The number of anilines is 2. The van der Waals surface area contributed by atoms with Crippen molar-refractivity contribution in [2.75, 3.05) is 36.4 Å². The lowest BCUT2D eigenvalue weighted by Gasteiger charge is -2.35. The molecule has 2 atom stereocenters. The number of carbonyl (C=O) groups excluding carboxylic acids is 1. The van der Waals surface area contributed by atoms with Crippen LogP contribution < -0.4 is 16.0 Å². The number of aryl methyl sites for hydroxylation is 1. The highest BCUT2D eigenvalue weighted by Crippen LogP contribution is 2.35. The van der Waals surface area contributed by atoms with Gasteiger partial charge in [-0.05, 0) is 37.4 Å². The molecule has 0 unspecified atom stereocenters. The van der Waals surface area contributed by atoms with Gasteiger partial charge in [-0.15, -0.1) is 0 Å². The lowest BCUT2D eigenvalue weighted by atomic mass is 9.93. The summed E-state index contributed by atoms with van der Waals surface area (Å²) < 4.78 is 32.4. The maximum atomic E-state index is 15.6. The molecular formula is C26H32F2N8O2. The molecule has 0 spiro atoms. The van der Waals surface area contributed by atoms with E-state index < -0.39 is 17.8 Å². The number of piperidine rings is 1. The van der Waals surface area contributed by atoms with Crippen molar-refractivity contribution in [1.29, 1.82) is 0 Å². The van der Waals surface area contributed by atoms with E-state index in [9.17, 15) is 9.90 Å². The molecule has 1 amide bonds. The number of β-amino-alcohol motifs (C(OH)–C–C–N with tert-alkyl or cyclic N) is 1. The monoisotopic (exact) mass is 526 g/mol. The van der Waals surface area contributed by atoms with Gasteiger partial charge >= 0.3 is 0 Å². The van der Waals surface area contributed by atoms with Crippen molar-refractivity contribution >= 4 is 17.5 Å². The number of likely N-dealkylation sites (tertiary alicyclic amines) is 1. The molecule has 38 heavy (non-hydrogen) atoms. The molecule has 1 aromatic carbocycles. The van der Waals surface area contributed by atoms with Crippen LogP contribution in [0, 0.1) is 17.6 Å². The molecule has 3 aromatic rings. The number of aliphatic hydroxyl groups is 1. The smallest absolute Gasteiger partial charge is 0.231 e. The molecule has 10 nitrogen and oxygen atoms in total. The van der Waals surface area contributed by atoms with Gasteiger partial charge in [-0.25, -0.2) is 14.4 Å². The zero-order valence-electron chi connectivity index (χ0n) is 21.2. The van der Waals surface area contributed by atoms with Gasteiger partial charge in [0.2, 0.25) is 11.7 Å². The Morgan fingerprint density at radius 2 is 2.05 bits per heavy atom. The van der Waals surface area contributed by atoms with Gasteiger partial charge in [-0.1, -0.05) is 12.1 Å². The summed E-state index contributed by atoms with van der Waals surface area (Å²) in [6, 6.07) is 5.10. The van der Waals surface area contributed by atoms with Gasteiger partial charge in [0.05, 0.1) is 18.8 Å². The highest BCUT2D eigenvalue weighted by molar-refractivity contribution is 5.75. The Hall–Kier alpha value is -3.64. The highest BCUT2D eigenvalue weighted by atomic mass is 19.1. The molecule has 0 radical (unpaired) electrons. The Bertz CT molecular complexity index is 1300. The van der Waals surface area contributed by atoms with Gasteiger partial charge in [0.25, 0.3) is 0 Å². The first-order valence-corrected chi connectivity index (χ1v) is 12.8. The van der Waals surface area contributed by atoms with E-state index in [4.69, 9.17) is 5.73 Å². The van der Waals surface area contributed by atoms with Crippen LogP contribution in [0.3, 0.4) is 0 Å². The fourth-order valence-electron chi connectivity index (χ4n) is 4.93. The lowest BCUT2D eigenvalue weighted by Crippen LogP contribution is -2.48. The first kappa shape index (κ1) is 26.0. The Balaban J connectivity index is 1.27. The fourth-order valence-corrected chi connectivity index (χ4v) is 4.93. The van der Waals surface area contributed by atoms with E-state index in [0.29, 0.717) is 31.6 Å². The zero-order valence-corrected chi connectivity index (χ0v) is 21.2. The molecule has 1 aliphatic carbocycles. The number of benzene rings is 1. The summed E-state index contributed by atoms with van der Waals surface area (Å²) in [7, 11) is 1.80. The molecule has 2 aliphatic rings. The van der Waals surface area contributed by atoms with Crippen LogP contribution in [0.15, 0.2) is 36.9 Å². The number of nitrogens with zero attached hydrogens (tertiary/aromatic N) is 6. The molecule has 3 heterocycles. The molecule has 4 N–H and O–H groups in total. The van der Waals surface area contributed by atoms with E-state index in [-0.39, 0.29) is 42.5 Å². The normalized spacial score (nSPS) is 19.9. The average molecular weight is 527 g/mol. The van der Waals surface area contributed by atoms with Gasteiger partial charge in [0.1, 0.15) is 12.1 Å². The lowest BCUT2D eigenvalue weighted by molar-refractivity contribution is -0.120. The third-order valence-electron chi connectivity index (χ3n) is 7.18. The number of primary amides is 1. The van der Waals surface area contributed by atoms with Crippen molar-refractivity contribution in [1.82, 2.24) is 24.6 Å². The van der Waals surface area contributed by atoms with Crippen LogP contribution in [0.2, 0.25) is 0 Å². The van der Waals surface area contributed by atoms with Crippen LogP contribution in [0.1, 0.15) is 24.8 Å². The first-order valence-electron chi connectivity index (χ1n) is 12.8. The predicted molar refractivity (Wildman–Crippen MR) is 138 cm³/mol. The van der Waals surface area contributed by atoms with Crippen molar-refractivity contribution in [2.24, 2.45) is 18.7 Å². The van der Waals surface area contributed by atoms with Gasteiger partial charge in [0.15, 0.2) is 11.6 Å². The number of halogens is 2. The molecular weight excluding hydrogens is 494 g/mol. The summed E-state index contributed by atoms with van der Waals surface area (Å²) in [4.78, 5) is 23.0. The second-order valence-corrected chi connectivity index (χ2v) is 10.1. The largest absolute Gasteiger partial charge is 0.391 e. The number of nitrogens with one attached hydrogen (secondary N) is 1. The second-order valence-electron chi connectivity index (χ2n) is 10.1. The van der Waals surface area contributed by atoms with E-state index in [0.717, 1.165) is 24.0 Å². The van der Waals surface area contributed by atoms with Crippen LogP contribution >= 0.6 is 0 Å². The molecule has 2 fully saturated rings. The summed E-state index contributed by atoms with van der Waals surface area (Å²) >= 11 is 0. The summed E-state index contributed by atoms with van der Waals surface area (Å²) in [5.41, 5.74) is 7.24. The minimum absolute atomic E-state index is 0.0415. The number of nitrogens with two attached hydrogens (primary N) is 1. The third-order valence-corrected chi connectivity index (χ3v) is 7.18. The topological polar surface area (TPSA) is 125 Å². The molecule has 12 heteroatoms. The Morgan fingerprint density at radius 3 is 2.71 bits per heavy atom. The highest BCUT2D eigenvalue weighted by Gasteiger charge is 2.34. The number of amides is 1. The predicted octanol–water partition coefficient (Wildman–Crippen LogP) is 1.90. The molecule has 202 valence electrons. The third kappa shape index (κ3) is 5.91. The average Bonchev–Trinajstić information content (AvgIpc) is 3.63. The minimum Gasteiger partial charge on any atom is -0.391 e. The van der Waals surface area contributed by atoms with Crippen molar-refractivity contribution in [2.45, 2.75) is 38.0 Å². The quantitative estimate of drug-likeness (QED) is 0.366. The minimum atomic E-state index is -0.680.